The molecule has 0 amide bonds. The Kier molecular flexibility index (Phi) is 7.36. The highest BCUT2D eigenvalue weighted by atomic mass is 35.5. The van der Waals surface area contributed by atoms with Crippen molar-refractivity contribution in [1.29, 1.82) is 0 Å². The Labute approximate surface area is 208 Å². The summed E-state index contributed by atoms with van der Waals surface area (Å²) in [5.74, 6) is 0.868. The zero-order valence-electron chi connectivity index (χ0n) is 17.6. The van der Waals surface area contributed by atoms with Crippen molar-refractivity contribution in [3.63, 3.8) is 0 Å². The third-order valence-corrected chi connectivity index (χ3v) is 8.97. The number of hydrogen-bond acceptors (Lipinski definition) is 6. The van der Waals surface area contributed by atoms with E-state index in [0.717, 1.165) is 0 Å². The van der Waals surface area contributed by atoms with Crippen molar-refractivity contribution in [3.8, 4) is 11.5 Å². The molecule has 8 nitrogen and oxygen atoms in total. The SMILES string of the molecule is O=S(=O)(Nc1ccc(Oc2ccc(S(=O)(=O)N3CCOCC3)cc2)cc1)c1cc(Cl)ccc1Cl. The van der Waals surface area contributed by atoms with E-state index in [1.165, 1.54) is 46.8 Å². The third-order valence-electron chi connectivity index (χ3n) is 4.96. The fourth-order valence-electron chi connectivity index (χ4n) is 3.24. The van der Waals surface area contributed by atoms with Gasteiger partial charge in [-0.25, -0.2) is 16.8 Å². The van der Waals surface area contributed by atoms with Gasteiger partial charge < -0.3 is 9.47 Å². The largest absolute Gasteiger partial charge is 0.457 e. The summed E-state index contributed by atoms with van der Waals surface area (Å²) in [5, 5.41) is 0.299. The molecule has 3 aromatic carbocycles. The quantitative estimate of drug-likeness (QED) is 0.467. The van der Waals surface area contributed by atoms with E-state index >= 15 is 0 Å². The number of rotatable bonds is 7. The van der Waals surface area contributed by atoms with E-state index in [1.54, 1.807) is 24.3 Å². The van der Waals surface area contributed by atoms with Gasteiger partial charge in [-0.05, 0) is 66.7 Å². The topological polar surface area (TPSA) is 102 Å². The van der Waals surface area contributed by atoms with Crippen molar-refractivity contribution in [2.75, 3.05) is 31.0 Å². The molecule has 1 aliphatic heterocycles. The molecule has 0 atom stereocenters. The Balaban J connectivity index is 1.43. The predicted molar refractivity (Wildman–Crippen MR) is 130 cm³/mol. The Morgan fingerprint density at radius 3 is 2.03 bits per heavy atom. The van der Waals surface area contributed by atoms with E-state index in [1.807, 2.05) is 0 Å². The lowest BCUT2D eigenvalue weighted by Crippen LogP contribution is -2.40. The number of nitrogens with one attached hydrogen (secondary N) is 1. The molecular formula is C22H20Cl2N2O6S2. The highest BCUT2D eigenvalue weighted by Gasteiger charge is 2.26. The van der Waals surface area contributed by atoms with Gasteiger partial charge in [0.1, 0.15) is 16.4 Å². The summed E-state index contributed by atoms with van der Waals surface area (Å²) < 4.78 is 65.5. The lowest BCUT2D eigenvalue weighted by Gasteiger charge is -2.26. The molecule has 1 N–H and O–H groups in total. The second-order valence-electron chi connectivity index (χ2n) is 7.29. The molecule has 1 aliphatic rings. The van der Waals surface area contributed by atoms with Crippen LogP contribution < -0.4 is 9.46 Å². The number of nitrogens with zero attached hydrogens (tertiary/aromatic N) is 1. The van der Waals surface area contributed by atoms with Crippen LogP contribution in [0.25, 0.3) is 0 Å². The summed E-state index contributed by atoms with van der Waals surface area (Å²) in [4.78, 5) is 0.0419. The van der Waals surface area contributed by atoms with Crippen molar-refractivity contribution in [3.05, 3.63) is 76.8 Å². The van der Waals surface area contributed by atoms with Crippen molar-refractivity contribution in [2.24, 2.45) is 0 Å². The van der Waals surface area contributed by atoms with E-state index in [-0.39, 0.29) is 19.8 Å². The van der Waals surface area contributed by atoms with Crippen LogP contribution in [-0.4, -0.2) is 47.4 Å². The Morgan fingerprint density at radius 1 is 0.824 bits per heavy atom. The molecule has 1 heterocycles. The van der Waals surface area contributed by atoms with Gasteiger partial charge in [-0.3, -0.25) is 4.72 Å². The first-order valence-corrected chi connectivity index (χ1v) is 13.8. The molecule has 34 heavy (non-hydrogen) atoms. The van der Waals surface area contributed by atoms with Crippen LogP contribution in [0.5, 0.6) is 11.5 Å². The minimum atomic E-state index is -3.94. The maximum atomic E-state index is 12.7. The number of morpholine rings is 1. The molecule has 4 rings (SSSR count). The standard InChI is InChI=1S/C22H20Cl2N2O6S2/c23-16-1-10-21(24)22(15-16)33(27,28)25-17-2-4-18(5-3-17)32-19-6-8-20(9-7-19)34(29,30)26-11-13-31-14-12-26/h1-10,15,25H,11-14H2. The number of anilines is 1. The van der Waals surface area contributed by atoms with Gasteiger partial charge in [-0.2, -0.15) is 4.31 Å². The predicted octanol–water partition coefficient (Wildman–Crippen LogP) is 4.61. The summed E-state index contributed by atoms with van der Waals surface area (Å²) in [5.41, 5.74) is 0.301. The van der Waals surface area contributed by atoms with Crippen LogP contribution in [-0.2, 0) is 24.8 Å². The third kappa shape index (κ3) is 5.65. The number of halogens is 2. The minimum absolute atomic E-state index is 0.0518. The fraction of sp³-hybridized carbons (Fsp3) is 0.182. The first kappa shape index (κ1) is 24.8. The second-order valence-corrected chi connectivity index (χ2v) is 11.7. The van der Waals surface area contributed by atoms with Gasteiger partial charge in [0.05, 0.1) is 23.1 Å². The highest BCUT2D eigenvalue weighted by Crippen LogP contribution is 2.29. The van der Waals surface area contributed by atoms with Crippen LogP contribution in [0.1, 0.15) is 0 Å². The molecule has 0 aromatic heterocycles. The number of sulfonamides is 2. The molecule has 3 aromatic rings. The molecule has 0 aliphatic carbocycles. The highest BCUT2D eigenvalue weighted by molar-refractivity contribution is 7.92. The number of ether oxygens (including phenoxy) is 2. The molecule has 0 saturated carbocycles. The molecular weight excluding hydrogens is 523 g/mol. The summed E-state index contributed by atoms with van der Waals surface area (Å²) in [6.07, 6.45) is 0. The maximum absolute atomic E-state index is 12.7. The average molecular weight is 543 g/mol. The van der Waals surface area contributed by atoms with E-state index in [2.05, 4.69) is 4.72 Å². The normalized spacial score (nSPS) is 15.1. The first-order chi connectivity index (χ1) is 16.1. The molecule has 0 spiro atoms. The summed E-state index contributed by atoms with van der Waals surface area (Å²) in [7, 11) is -7.53. The van der Waals surface area contributed by atoms with Crippen molar-refractivity contribution in [1.82, 2.24) is 4.31 Å². The molecule has 0 radical (unpaired) electrons. The van der Waals surface area contributed by atoms with Gasteiger partial charge in [0.25, 0.3) is 10.0 Å². The molecule has 0 bridgehead atoms. The molecule has 0 unspecified atom stereocenters. The minimum Gasteiger partial charge on any atom is -0.457 e. The molecule has 1 saturated heterocycles. The van der Waals surface area contributed by atoms with Crippen LogP contribution in [0.4, 0.5) is 5.69 Å². The van der Waals surface area contributed by atoms with E-state index in [0.29, 0.717) is 43.5 Å². The summed E-state index contributed by atoms with van der Waals surface area (Å²) in [6, 6.07) is 16.5. The van der Waals surface area contributed by atoms with Gasteiger partial charge in [0, 0.05) is 23.8 Å². The van der Waals surface area contributed by atoms with Crippen molar-refractivity contribution in [2.45, 2.75) is 9.79 Å². The van der Waals surface area contributed by atoms with Gasteiger partial charge in [0.2, 0.25) is 10.0 Å². The van der Waals surface area contributed by atoms with Gasteiger partial charge in [-0.15, -0.1) is 0 Å². The maximum Gasteiger partial charge on any atom is 0.263 e. The van der Waals surface area contributed by atoms with E-state index < -0.39 is 20.0 Å². The number of benzene rings is 3. The van der Waals surface area contributed by atoms with Gasteiger partial charge in [0.15, 0.2) is 0 Å². The zero-order valence-corrected chi connectivity index (χ0v) is 20.8. The lowest BCUT2D eigenvalue weighted by molar-refractivity contribution is 0.0730. The van der Waals surface area contributed by atoms with Crippen LogP contribution in [0.15, 0.2) is 76.5 Å². The Morgan fingerprint density at radius 2 is 1.41 bits per heavy atom. The van der Waals surface area contributed by atoms with Crippen molar-refractivity contribution < 1.29 is 26.3 Å². The molecule has 180 valence electrons. The summed E-state index contributed by atoms with van der Waals surface area (Å²) in [6.45, 7) is 1.39. The average Bonchev–Trinajstić information content (AvgIpc) is 2.82. The first-order valence-electron chi connectivity index (χ1n) is 10.1. The van der Waals surface area contributed by atoms with E-state index in [9.17, 15) is 16.8 Å². The second kappa shape index (κ2) is 10.1. The van der Waals surface area contributed by atoms with Gasteiger partial charge >= 0.3 is 0 Å². The number of hydrogen-bond donors (Lipinski definition) is 1. The van der Waals surface area contributed by atoms with Crippen LogP contribution in [0.3, 0.4) is 0 Å². The zero-order chi connectivity index (χ0) is 24.3. The van der Waals surface area contributed by atoms with Gasteiger partial charge in [-0.1, -0.05) is 23.2 Å². The lowest BCUT2D eigenvalue weighted by atomic mass is 10.3. The van der Waals surface area contributed by atoms with Crippen LogP contribution in [0, 0.1) is 0 Å². The Bertz CT molecular complexity index is 1370. The monoisotopic (exact) mass is 542 g/mol. The van der Waals surface area contributed by atoms with Crippen LogP contribution >= 0.6 is 23.2 Å². The summed E-state index contributed by atoms with van der Waals surface area (Å²) >= 11 is 11.9. The molecule has 12 heteroatoms. The Hall–Kier alpha value is -2.34. The van der Waals surface area contributed by atoms with E-state index in [4.69, 9.17) is 32.7 Å². The van der Waals surface area contributed by atoms with Crippen molar-refractivity contribution >= 4 is 48.9 Å². The fourth-order valence-corrected chi connectivity index (χ4v) is 6.47. The smallest absolute Gasteiger partial charge is 0.263 e. The van der Waals surface area contributed by atoms with Crippen LogP contribution in [0.2, 0.25) is 10.0 Å². The molecule has 1 fully saturated rings.